The summed E-state index contributed by atoms with van der Waals surface area (Å²) in [6.45, 7) is 0. The minimum absolute atomic E-state index is 0.0833. The molecule has 0 N–H and O–H groups in total. The molecule has 0 atom stereocenters. The van der Waals surface area contributed by atoms with Gasteiger partial charge in [0.25, 0.3) is 0 Å². The molecule has 0 nitrogen and oxygen atoms in total. The van der Waals surface area contributed by atoms with E-state index in [0.717, 1.165) is 0 Å². The van der Waals surface area contributed by atoms with Gasteiger partial charge >= 0.3 is 4.55 Å². The van der Waals surface area contributed by atoms with Crippen LogP contribution in [0, 0.1) is 0 Å². The summed E-state index contributed by atoms with van der Waals surface area (Å²) in [5, 5.41) is 0. The molecule has 0 aromatic carbocycles. The van der Waals surface area contributed by atoms with E-state index in [2.05, 4.69) is 37.4 Å². The summed E-state index contributed by atoms with van der Waals surface area (Å²) in [7, 11) is 0. The summed E-state index contributed by atoms with van der Waals surface area (Å²) >= 11 is 11.1. The van der Waals surface area contributed by atoms with Gasteiger partial charge in [-0.25, -0.2) is 37.4 Å². The lowest BCUT2D eigenvalue weighted by molar-refractivity contribution is 4.71. The van der Waals surface area contributed by atoms with E-state index in [1.807, 2.05) is 0 Å². The third kappa shape index (κ3) is 11.2. The molecule has 4 heteroatoms. The Balaban J connectivity index is 2.32. The zero-order chi connectivity index (χ0) is 3.58. The molecule has 0 amide bonds. The zero-order valence-electron chi connectivity index (χ0n) is 1.92. The van der Waals surface area contributed by atoms with Crippen molar-refractivity contribution in [1.29, 1.82) is 0 Å². The molecule has 0 aliphatic heterocycles. The fraction of sp³-hybridized carbons (Fsp3) is 0. The standard InChI is InChI=1S/BH3S3/c2-1(3)4/h2-4H. The van der Waals surface area contributed by atoms with Crippen molar-refractivity contribution in [2.45, 2.75) is 0 Å². The first-order chi connectivity index (χ1) is 1.73. The average Bonchev–Trinajstić information content (AvgIpc) is 0.811. The fourth-order valence-electron chi connectivity index (χ4n) is 0. The lowest BCUT2D eigenvalue weighted by atomic mass is 10.7. The van der Waals surface area contributed by atoms with Crippen LogP contribution in [-0.2, 0) is 0 Å². The molecular formula is H3BS3. The van der Waals surface area contributed by atoms with E-state index in [1.165, 1.54) is 0 Å². The fourth-order valence-corrected chi connectivity index (χ4v) is 0. The van der Waals surface area contributed by atoms with Gasteiger partial charge in [-0.1, -0.05) is 0 Å². The van der Waals surface area contributed by atoms with Crippen LogP contribution in [0.15, 0.2) is 0 Å². The molecule has 0 spiro atoms. The SMILES string of the molecule is SB(S)S. The maximum atomic E-state index is 3.69. The molecule has 0 radical (unpaired) electrons. The normalized spacial score (nSPS) is 6.75. The van der Waals surface area contributed by atoms with Crippen LogP contribution < -0.4 is 0 Å². The molecule has 0 fully saturated rings. The Bertz CT molecular complexity index is 8.00. The first-order valence-corrected chi connectivity index (χ1v) is 2.32. The molecule has 0 bridgehead atoms. The van der Waals surface area contributed by atoms with Crippen molar-refractivity contribution in [1.82, 2.24) is 0 Å². The van der Waals surface area contributed by atoms with Crippen molar-refractivity contribution >= 4 is 42.0 Å². The first-order valence-electron chi connectivity index (χ1n) is 0.775. The lowest BCUT2D eigenvalue weighted by Crippen LogP contribution is -1.67. The molecule has 0 aliphatic carbocycles. The van der Waals surface area contributed by atoms with Crippen LogP contribution in [0.5, 0.6) is 0 Å². The van der Waals surface area contributed by atoms with Gasteiger partial charge in [0.15, 0.2) is 0 Å². The molecule has 24 valence electrons. The van der Waals surface area contributed by atoms with Crippen LogP contribution in [0.4, 0.5) is 0 Å². The molecule has 0 heterocycles. The van der Waals surface area contributed by atoms with Crippen LogP contribution in [0.25, 0.3) is 0 Å². The minimum Gasteiger partial charge on any atom is -0.202 e. The molecular weight excluding hydrogens is 107 g/mol. The van der Waals surface area contributed by atoms with Gasteiger partial charge in [0, 0.05) is 0 Å². The molecule has 0 unspecified atom stereocenters. The number of rotatable bonds is 0. The summed E-state index contributed by atoms with van der Waals surface area (Å²) in [4.78, 5) is 0. The minimum atomic E-state index is -0.0833. The van der Waals surface area contributed by atoms with E-state index >= 15 is 0 Å². The van der Waals surface area contributed by atoms with Crippen LogP contribution in [0.2, 0.25) is 0 Å². The second-order valence-corrected chi connectivity index (χ2v) is 3.12. The molecule has 0 aromatic rings. The molecule has 0 aliphatic rings. The molecule has 0 saturated heterocycles. The van der Waals surface area contributed by atoms with Gasteiger partial charge < -0.3 is 0 Å². The van der Waals surface area contributed by atoms with Gasteiger partial charge in [-0.2, -0.15) is 0 Å². The second kappa shape index (κ2) is 2.36. The van der Waals surface area contributed by atoms with Gasteiger partial charge in [0.1, 0.15) is 0 Å². The van der Waals surface area contributed by atoms with Gasteiger partial charge in [-0.05, 0) is 0 Å². The summed E-state index contributed by atoms with van der Waals surface area (Å²) in [6.07, 6.45) is 0. The van der Waals surface area contributed by atoms with Gasteiger partial charge in [-0.3, -0.25) is 0 Å². The maximum absolute atomic E-state index is 3.69. The summed E-state index contributed by atoms with van der Waals surface area (Å²) in [6, 6.07) is 0. The van der Waals surface area contributed by atoms with Crippen LogP contribution >= 0.6 is 37.4 Å². The third-order valence-corrected chi connectivity index (χ3v) is 0. The number of hydrogen-bond donors (Lipinski definition) is 3. The Kier molecular flexibility index (Phi) is 3.02. The highest BCUT2D eigenvalue weighted by Gasteiger charge is 1.82. The topological polar surface area (TPSA) is 0 Å². The zero-order valence-corrected chi connectivity index (χ0v) is 4.60. The van der Waals surface area contributed by atoms with Gasteiger partial charge in [0.2, 0.25) is 0 Å². The van der Waals surface area contributed by atoms with Crippen molar-refractivity contribution in [2.75, 3.05) is 0 Å². The predicted molar refractivity (Wildman–Crippen MR) is 32.7 cm³/mol. The van der Waals surface area contributed by atoms with Crippen molar-refractivity contribution in [2.24, 2.45) is 0 Å². The first kappa shape index (κ1) is 5.11. The van der Waals surface area contributed by atoms with E-state index < -0.39 is 0 Å². The Morgan fingerprint density at radius 2 is 1.00 bits per heavy atom. The molecule has 0 rings (SSSR count). The van der Waals surface area contributed by atoms with Crippen molar-refractivity contribution < 1.29 is 0 Å². The quantitative estimate of drug-likeness (QED) is 0.297. The van der Waals surface area contributed by atoms with Crippen molar-refractivity contribution in [3.05, 3.63) is 0 Å². The summed E-state index contributed by atoms with van der Waals surface area (Å²) in [5.41, 5.74) is 0. The van der Waals surface area contributed by atoms with Crippen molar-refractivity contribution in [3.63, 3.8) is 0 Å². The molecule has 0 saturated carbocycles. The van der Waals surface area contributed by atoms with Gasteiger partial charge in [-0.15, -0.1) is 0 Å². The van der Waals surface area contributed by atoms with Crippen LogP contribution in [0.1, 0.15) is 0 Å². The van der Waals surface area contributed by atoms with E-state index in [1.54, 1.807) is 0 Å². The Hall–Kier alpha value is 1.11. The van der Waals surface area contributed by atoms with E-state index in [4.69, 9.17) is 0 Å². The summed E-state index contributed by atoms with van der Waals surface area (Å²) in [5.74, 6) is 0. The van der Waals surface area contributed by atoms with Gasteiger partial charge in [0.05, 0.1) is 0 Å². The smallest absolute Gasteiger partial charge is 0.202 e. The largest absolute Gasteiger partial charge is 0.331 e. The van der Waals surface area contributed by atoms with E-state index in [9.17, 15) is 0 Å². The number of hydrogen-bond acceptors (Lipinski definition) is 3. The maximum Gasteiger partial charge on any atom is 0.331 e. The third-order valence-electron chi connectivity index (χ3n) is 0. The predicted octanol–water partition coefficient (Wildman–Crippen LogP) is 0.761. The molecule has 0 aromatic heterocycles. The van der Waals surface area contributed by atoms with E-state index in [0.29, 0.717) is 0 Å². The second-order valence-electron chi connectivity index (χ2n) is 0.346. The monoisotopic (exact) mass is 110 g/mol. The summed E-state index contributed by atoms with van der Waals surface area (Å²) < 4.78 is -0.0833. The number of thiol groups is 3. The average molecular weight is 110 g/mol. The Morgan fingerprint density at radius 1 is 1.00 bits per heavy atom. The Morgan fingerprint density at radius 3 is 1.00 bits per heavy atom. The van der Waals surface area contributed by atoms with Crippen LogP contribution in [0.3, 0.4) is 0 Å². The highest BCUT2D eigenvalue weighted by atomic mass is 32.2. The Labute approximate surface area is 42.4 Å². The lowest BCUT2D eigenvalue weighted by Gasteiger charge is -1.69. The van der Waals surface area contributed by atoms with Crippen LogP contribution in [-0.4, -0.2) is 4.55 Å². The highest BCUT2D eigenvalue weighted by molar-refractivity contribution is 8.63. The highest BCUT2D eigenvalue weighted by Crippen LogP contribution is 1.94. The molecule has 4 heavy (non-hydrogen) atoms. The van der Waals surface area contributed by atoms with E-state index in [-0.39, 0.29) is 4.55 Å². The van der Waals surface area contributed by atoms with Crippen molar-refractivity contribution in [3.8, 4) is 0 Å².